The third-order valence-corrected chi connectivity index (χ3v) is 8.04. The Morgan fingerprint density at radius 3 is 2.38 bits per heavy atom. The Labute approximate surface area is 171 Å². The molecule has 0 saturated carbocycles. The van der Waals surface area contributed by atoms with E-state index in [0.717, 1.165) is 33.0 Å². The van der Waals surface area contributed by atoms with E-state index in [9.17, 15) is 4.57 Å². The van der Waals surface area contributed by atoms with Crippen LogP contribution in [0.2, 0.25) is 0 Å². The summed E-state index contributed by atoms with van der Waals surface area (Å²) in [5, 5.41) is 5.84. The van der Waals surface area contributed by atoms with Crippen LogP contribution >= 0.6 is 7.29 Å². The normalized spacial score (nSPS) is 13.1. The Balaban J connectivity index is 2.00. The Morgan fingerprint density at radius 2 is 1.59 bits per heavy atom. The lowest BCUT2D eigenvalue weighted by Gasteiger charge is -2.26. The van der Waals surface area contributed by atoms with Gasteiger partial charge >= 0.3 is 0 Å². The molecule has 0 fully saturated rings. The van der Waals surface area contributed by atoms with E-state index in [0.29, 0.717) is 11.1 Å². The lowest BCUT2D eigenvalue weighted by Crippen LogP contribution is -2.26. The van der Waals surface area contributed by atoms with Gasteiger partial charge in [-0.3, -0.25) is 9.55 Å². The van der Waals surface area contributed by atoms with Gasteiger partial charge in [-0.05, 0) is 49.2 Å². The fourth-order valence-electron chi connectivity index (χ4n) is 3.72. The summed E-state index contributed by atoms with van der Waals surface area (Å²) in [6.07, 6.45) is 1.75. The number of aromatic nitrogens is 1. The van der Waals surface area contributed by atoms with Crippen molar-refractivity contribution in [2.24, 2.45) is 0 Å². The second-order valence-electron chi connectivity index (χ2n) is 7.01. The van der Waals surface area contributed by atoms with Crippen LogP contribution < -0.4 is 20.4 Å². The first-order chi connectivity index (χ1) is 14.0. The van der Waals surface area contributed by atoms with Crippen LogP contribution in [0, 0.1) is 13.8 Å². The maximum absolute atomic E-state index is 14.8. The van der Waals surface area contributed by atoms with E-state index in [1.807, 2.05) is 86.6 Å². The molecule has 0 aliphatic rings. The Hall–Kier alpha value is -3.10. The van der Waals surface area contributed by atoms with E-state index in [-0.39, 0.29) is 0 Å². The molecule has 0 bridgehead atoms. The topological polar surface area (TPSA) is 51.2 Å². The third kappa shape index (κ3) is 3.41. The SMILES string of the molecule is COc1cccc(C)c1P(=O)(Nc1cccc2cccnc12)c1ccccc1C. The van der Waals surface area contributed by atoms with Gasteiger partial charge in [0.1, 0.15) is 5.75 Å². The molecule has 29 heavy (non-hydrogen) atoms. The second-order valence-corrected chi connectivity index (χ2v) is 9.39. The first kappa shape index (κ1) is 19.2. The van der Waals surface area contributed by atoms with Crippen LogP contribution in [0.3, 0.4) is 0 Å². The molecule has 3 aromatic carbocycles. The number of pyridine rings is 1. The molecule has 0 amide bonds. The van der Waals surface area contributed by atoms with Gasteiger partial charge in [0, 0.05) is 16.9 Å². The fourth-order valence-corrected chi connectivity index (χ4v) is 6.63. The number of hydrogen-bond acceptors (Lipinski definition) is 3. The van der Waals surface area contributed by atoms with Crippen molar-refractivity contribution >= 4 is 34.5 Å². The van der Waals surface area contributed by atoms with Crippen LogP contribution in [0.1, 0.15) is 11.1 Å². The van der Waals surface area contributed by atoms with Gasteiger partial charge in [0.15, 0.2) is 0 Å². The van der Waals surface area contributed by atoms with E-state index in [2.05, 4.69) is 10.1 Å². The number of fused-ring (bicyclic) bond motifs is 1. The van der Waals surface area contributed by atoms with E-state index in [1.165, 1.54) is 0 Å². The second kappa shape index (κ2) is 7.73. The zero-order valence-corrected chi connectivity index (χ0v) is 17.6. The van der Waals surface area contributed by atoms with E-state index in [4.69, 9.17) is 4.74 Å². The molecule has 1 unspecified atom stereocenters. The Kier molecular flexibility index (Phi) is 5.12. The van der Waals surface area contributed by atoms with Crippen molar-refractivity contribution in [1.82, 2.24) is 4.98 Å². The number of ether oxygens (including phenoxy) is 1. The predicted molar refractivity (Wildman–Crippen MR) is 121 cm³/mol. The summed E-state index contributed by atoms with van der Waals surface area (Å²) in [5.41, 5.74) is 3.40. The van der Waals surface area contributed by atoms with E-state index in [1.54, 1.807) is 13.3 Å². The van der Waals surface area contributed by atoms with Crippen molar-refractivity contribution in [3.63, 3.8) is 0 Å². The lowest BCUT2D eigenvalue weighted by molar-refractivity contribution is 0.417. The predicted octanol–water partition coefficient (Wildman–Crippen LogP) is 5.20. The van der Waals surface area contributed by atoms with Crippen LogP contribution in [0.4, 0.5) is 5.69 Å². The van der Waals surface area contributed by atoms with E-state index >= 15 is 0 Å². The molecule has 5 heteroatoms. The van der Waals surface area contributed by atoms with Gasteiger partial charge in [-0.15, -0.1) is 0 Å². The molecule has 1 N–H and O–H groups in total. The highest BCUT2D eigenvalue weighted by atomic mass is 31.2. The highest BCUT2D eigenvalue weighted by molar-refractivity contribution is 7.80. The summed E-state index contributed by atoms with van der Waals surface area (Å²) >= 11 is 0. The van der Waals surface area contributed by atoms with Crippen molar-refractivity contribution < 1.29 is 9.30 Å². The van der Waals surface area contributed by atoms with Gasteiger partial charge in [-0.1, -0.05) is 48.5 Å². The molecular weight excluding hydrogens is 379 g/mol. The average Bonchev–Trinajstić information content (AvgIpc) is 2.74. The maximum Gasteiger partial charge on any atom is 0.231 e. The van der Waals surface area contributed by atoms with Crippen molar-refractivity contribution in [2.45, 2.75) is 13.8 Å². The maximum atomic E-state index is 14.8. The minimum absolute atomic E-state index is 0.609. The average molecular weight is 402 g/mol. The lowest BCUT2D eigenvalue weighted by atomic mass is 10.2. The minimum atomic E-state index is -3.29. The molecule has 4 rings (SSSR count). The van der Waals surface area contributed by atoms with Gasteiger partial charge < -0.3 is 9.82 Å². The first-order valence-corrected chi connectivity index (χ1v) is 11.2. The number of anilines is 1. The quantitative estimate of drug-likeness (QED) is 0.466. The monoisotopic (exact) mass is 402 g/mol. The standard InChI is InChI=1S/C24H23N2O2P/c1-17-9-4-5-15-22(17)29(27,24-18(2)10-6-14-21(24)28-3)26-20-13-7-11-19-12-8-16-25-23(19)20/h4-16H,1-3H3,(H,26,27). The summed E-state index contributed by atoms with van der Waals surface area (Å²) in [5.74, 6) is 0.609. The number of para-hydroxylation sites is 1. The smallest absolute Gasteiger partial charge is 0.231 e. The zero-order chi connectivity index (χ0) is 20.4. The number of nitrogens with one attached hydrogen (secondary N) is 1. The molecule has 4 aromatic rings. The largest absolute Gasteiger partial charge is 0.496 e. The molecule has 0 saturated heterocycles. The Bertz CT molecular complexity index is 1230. The molecule has 1 atom stereocenters. The number of methoxy groups -OCH3 is 1. The molecule has 1 aromatic heterocycles. The minimum Gasteiger partial charge on any atom is -0.496 e. The highest BCUT2D eigenvalue weighted by Gasteiger charge is 2.34. The molecule has 4 nitrogen and oxygen atoms in total. The summed E-state index contributed by atoms with van der Waals surface area (Å²) in [4.78, 5) is 4.53. The van der Waals surface area contributed by atoms with Crippen molar-refractivity contribution in [3.8, 4) is 5.75 Å². The molecular formula is C24H23N2O2P. The van der Waals surface area contributed by atoms with Crippen LogP contribution in [0.15, 0.2) is 79.0 Å². The van der Waals surface area contributed by atoms with Crippen molar-refractivity contribution in [3.05, 3.63) is 90.1 Å². The van der Waals surface area contributed by atoms with Gasteiger partial charge in [0.25, 0.3) is 0 Å². The van der Waals surface area contributed by atoms with Gasteiger partial charge in [-0.25, -0.2) is 0 Å². The number of rotatable bonds is 5. The van der Waals surface area contributed by atoms with Crippen LogP contribution in [-0.2, 0) is 4.57 Å². The molecule has 0 radical (unpaired) electrons. The van der Waals surface area contributed by atoms with E-state index < -0.39 is 7.29 Å². The zero-order valence-electron chi connectivity index (χ0n) is 16.7. The van der Waals surface area contributed by atoms with Crippen molar-refractivity contribution in [2.75, 3.05) is 12.2 Å². The van der Waals surface area contributed by atoms with Gasteiger partial charge in [0.2, 0.25) is 7.29 Å². The number of aryl methyl sites for hydroxylation is 2. The number of hydrogen-bond donors (Lipinski definition) is 1. The van der Waals surface area contributed by atoms with Crippen LogP contribution in [0.25, 0.3) is 10.9 Å². The molecule has 0 spiro atoms. The Morgan fingerprint density at radius 1 is 0.862 bits per heavy atom. The highest BCUT2D eigenvalue weighted by Crippen LogP contribution is 2.48. The fraction of sp³-hybridized carbons (Fsp3) is 0.125. The van der Waals surface area contributed by atoms with Gasteiger partial charge in [0.05, 0.1) is 23.6 Å². The van der Waals surface area contributed by atoms with Crippen LogP contribution in [-0.4, -0.2) is 12.1 Å². The number of benzene rings is 3. The molecule has 1 heterocycles. The van der Waals surface area contributed by atoms with Crippen molar-refractivity contribution in [1.29, 1.82) is 0 Å². The van der Waals surface area contributed by atoms with Crippen LogP contribution in [0.5, 0.6) is 5.75 Å². The first-order valence-electron chi connectivity index (χ1n) is 9.47. The summed E-state index contributed by atoms with van der Waals surface area (Å²) < 4.78 is 20.5. The number of nitrogens with zero attached hydrogens (tertiary/aromatic N) is 1. The summed E-state index contributed by atoms with van der Waals surface area (Å²) in [6, 6.07) is 23.3. The molecule has 0 aliphatic heterocycles. The summed E-state index contributed by atoms with van der Waals surface area (Å²) in [6.45, 7) is 3.95. The van der Waals surface area contributed by atoms with Gasteiger partial charge in [-0.2, -0.15) is 0 Å². The summed E-state index contributed by atoms with van der Waals surface area (Å²) in [7, 11) is -1.68. The molecule has 0 aliphatic carbocycles. The third-order valence-electron chi connectivity index (χ3n) is 5.10. The molecule has 146 valence electrons.